The molecule has 0 spiro atoms. The molecule has 1 aliphatic heterocycles. The molecule has 0 atom stereocenters. The molecule has 0 unspecified atom stereocenters. The second-order valence-electron chi connectivity index (χ2n) is 5.97. The number of thioether (sulfide) groups is 1. The highest BCUT2D eigenvalue weighted by atomic mass is 32.2. The lowest BCUT2D eigenvalue weighted by atomic mass is 10.1. The number of hydrogen-bond acceptors (Lipinski definition) is 4. The van der Waals surface area contributed by atoms with Crippen LogP contribution in [0.1, 0.15) is 16.7 Å². The Balaban J connectivity index is 1.71. The van der Waals surface area contributed by atoms with Crippen molar-refractivity contribution in [1.29, 1.82) is 0 Å². The molecule has 2 aromatic carbocycles. The molecule has 3 rings (SSSR count). The van der Waals surface area contributed by atoms with Crippen LogP contribution in [-0.2, 0) is 9.59 Å². The van der Waals surface area contributed by atoms with Gasteiger partial charge in [0.1, 0.15) is 6.54 Å². The fourth-order valence-electron chi connectivity index (χ4n) is 2.56. The van der Waals surface area contributed by atoms with Gasteiger partial charge in [-0.3, -0.25) is 19.3 Å². The number of nitrogens with zero attached hydrogens (tertiary/aromatic N) is 1. The van der Waals surface area contributed by atoms with E-state index >= 15 is 0 Å². The summed E-state index contributed by atoms with van der Waals surface area (Å²) in [6, 6.07) is 14.9. The number of hydrogen-bond donors (Lipinski definition) is 1. The van der Waals surface area contributed by atoms with Crippen LogP contribution in [0.3, 0.4) is 0 Å². The van der Waals surface area contributed by atoms with Gasteiger partial charge < -0.3 is 5.32 Å². The highest BCUT2D eigenvalue weighted by Gasteiger charge is 2.36. The monoisotopic (exact) mass is 366 g/mol. The van der Waals surface area contributed by atoms with Crippen molar-refractivity contribution in [2.75, 3.05) is 11.9 Å². The molecular formula is C20H18N2O3S. The predicted molar refractivity (Wildman–Crippen MR) is 104 cm³/mol. The molecule has 3 amide bonds. The Morgan fingerprint density at radius 3 is 2.54 bits per heavy atom. The van der Waals surface area contributed by atoms with Crippen LogP contribution in [0.2, 0.25) is 0 Å². The second kappa shape index (κ2) is 7.58. The average Bonchev–Trinajstić information content (AvgIpc) is 2.87. The van der Waals surface area contributed by atoms with Crippen molar-refractivity contribution in [3.8, 4) is 0 Å². The highest BCUT2D eigenvalue weighted by Crippen LogP contribution is 2.32. The molecule has 5 nitrogen and oxygen atoms in total. The molecule has 6 heteroatoms. The quantitative estimate of drug-likeness (QED) is 0.831. The van der Waals surface area contributed by atoms with Gasteiger partial charge in [-0.2, -0.15) is 0 Å². The van der Waals surface area contributed by atoms with E-state index in [0.29, 0.717) is 10.6 Å². The standard InChI is InChI=1S/C20H18N2O3S/c1-13-7-6-10-16(14(13)2)21-18(23)12-22-19(24)17(26-20(22)25)11-15-8-4-3-5-9-15/h3-11H,12H2,1-2H3,(H,21,23)/b17-11+. The molecule has 0 aliphatic carbocycles. The Hall–Kier alpha value is -2.86. The number of nitrogens with one attached hydrogen (secondary N) is 1. The lowest BCUT2D eigenvalue weighted by Crippen LogP contribution is -2.36. The van der Waals surface area contributed by atoms with E-state index in [1.807, 2.05) is 56.3 Å². The van der Waals surface area contributed by atoms with Crippen molar-refractivity contribution in [2.45, 2.75) is 13.8 Å². The molecule has 1 aliphatic rings. The maximum atomic E-state index is 12.5. The van der Waals surface area contributed by atoms with Gasteiger partial charge >= 0.3 is 0 Å². The minimum atomic E-state index is -0.444. The highest BCUT2D eigenvalue weighted by molar-refractivity contribution is 8.18. The summed E-state index contributed by atoms with van der Waals surface area (Å²) in [6.07, 6.45) is 1.66. The van der Waals surface area contributed by atoms with Crippen LogP contribution in [0.5, 0.6) is 0 Å². The number of amides is 3. The minimum Gasteiger partial charge on any atom is -0.324 e. The molecule has 1 saturated heterocycles. The van der Waals surface area contributed by atoms with Crippen molar-refractivity contribution >= 4 is 40.6 Å². The number of rotatable bonds is 4. The lowest BCUT2D eigenvalue weighted by molar-refractivity contribution is -0.127. The smallest absolute Gasteiger partial charge is 0.294 e. The summed E-state index contributed by atoms with van der Waals surface area (Å²) in [7, 11) is 0. The van der Waals surface area contributed by atoms with Gasteiger partial charge in [-0.25, -0.2) is 0 Å². The molecule has 1 fully saturated rings. The normalized spacial score (nSPS) is 15.6. The summed E-state index contributed by atoms with van der Waals surface area (Å²) in [5, 5.41) is 2.33. The van der Waals surface area contributed by atoms with Gasteiger partial charge in [-0.1, -0.05) is 42.5 Å². The maximum absolute atomic E-state index is 12.5. The van der Waals surface area contributed by atoms with E-state index in [9.17, 15) is 14.4 Å². The molecule has 132 valence electrons. The topological polar surface area (TPSA) is 66.5 Å². The van der Waals surface area contributed by atoms with Crippen molar-refractivity contribution in [3.05, 3.63) is 70.1 Å². The Morgan fingerprint density at radius 2 is 1.81 bits per heavy atom. The van der Waals surface area contributed by atoms with E-state index in [1.54, 1.807) is 12.1 Å². The van der Waals surface area contributed by atoms with Crippen LogP contribution >= 0.6 is 11.8 Å². The van der Waals surface area contributed by atoms with Crippen molar-refractivity contribution in [3.63, 3.8) is 0 Å². The van der Waals surface area contributed by atoms with Crippen molar-refractivity contribution in [1.82, 2.24) is 4.90 Å². The summed E-state index contributed by atoms with van der Waals surface area (Å²) < 4.78 is 0. The van der Waals surface area contributed by atoms with Crippen LogP contribution in [0.15, 0.2) is 53.4 Å². The fraction of sp³-hybridized carbons (Fsp3) is 0.150. The van der Waals surface area contributed by atoms with E-state index in [2.05, 4.69) is 5.32 Å². The first-order valence-corrected chi connectivity index (χ1v) is 8.94. The van der Waals surface area contributed by atoms with Gasteiger partial charge in [0, 0.05) is 5.69 Å². The predicted octanol–water partition coefficient (Wildman–Crippen LogP) is 3.98. The fourth-order valence-corrected chi connectivity index (χ4v) is 3.40. The SMILES string of the molecule is Cc1cccc(NC(=O)CN2C(=O)S/C(=C/c3ccccc3)C2=O)c1C. The van der Waals surface area contributed by atoms with Gasteiger partial charge in [-0.05, 0) is 54.4 Å². The summed E-state index contributed by atoms with van der Waals surface area (Å²) in [5.74, 6) is -0.845. The Morgan fingerprint density at radius 1 is 1.08 bits per heavy atom. The number of aryl methyl sites for hydroxylation is 1. The molecule has 1 N–H and O–H groups in total. The maximum Gasteiger partial charge on any atom is 0.294 e. The van der Waals surface area contributed by atoms with Crippen LogP contribution < -0.4 is 5.32 Å². The van der Waals surface area contributed by atoms with Crippen LogP contribution in [0, 0.1) is 13.8 Å². The van der Waals surface area contributed by atoms with Crippen LogP contribution in [0.25, 0.3) is 6.08 Å². The first-order valence-electron chi connectivity index (χ1n) is 8.12. The van der Waals surface area contributed by atoms with Gasteiger partial charge in [0.25, 0.3) is 11.1 Å². The molecule has 2 aromatic rings. The lowest BCUT2D eigenvalue weighted by Gasteiger charge is -2.14. The third-order valence-corrected chi connectivity index (χ3v) is 5.06. The zero-order chi connectivity index (χ0) is 18.7. The number of imide groups is 1. The van der Waals surface area contributed by atoms with Gasteiger partial charge in [-0.15, -0.1) is 0 Å². The van der Waals surface area contributed by atoms with Crippen molar-refractivity contribution < 1.29 is 14.4 Å². The number of carbonyl (C=O) groups excluding carboxylic acids is 3. The first-order chi connectivity index (χ1) is 12.5. The van der Waals surface area contributed by atoms with Crippen molar-refractivity contribution in [2.24, 2.45) is 0 Å². The van der Waals surface area contributed by atoms with Gasteiger partial charge in [0.2, 0.25) is 5.91 Å². The first kappa shape index (κ1) is 17.9. The molecule has 0 bridgehead atoms. The van der Waals surface area contributed by atoms with E-state index in [1.165, 1.54) is 0 Å². The summed E-state index contributed by atoms with van der Waals surface area (Å²) in [4.78, 5) is 38.2. The minimum absolute atomic E-state index is 0.301. The van der Waals surface area contributed by atoms with E-state index in [4.69, 9.17) is 0 Å². The van der Waals surface area contributed by atoms with Gasteiger partial charge in [0.05, 0.1) is 4.91 Å². The third-order valence-electron chi connectivity index (χ3n) is 4.15. The molecule has 26 heavy (non-hydrogen) atoms. The number of anilines is 1. The third kappa shape index (κ3) is 3.86. The summed E-state index contributed by atoms with van der Waals surface area (Å²) in [5.41, 5.74) is 3.53. The largest absolute Gasteiger partial charge is 0.324 e. The molecule has 0 aromatic heterocycles. The number of benzene rings is 2. The van der Waals surface area contributed by atoms with Crippen LogP contribution in [-0.4, -0.2) is 28.5 Å². The average molecular weight is 366 g/mol. The van der Waals surface area contributed by atoms with E-state index in [-0.39, 0.29) is 6.54 Å². The molecule has 0 radical (unpaired) electrons. The molecular weight excluding hydrogens is 348 g/mol. The Kier molecular flexibility index (Phi) is 5.23. The Labute approximate surface area is 156 Å². The Bertz CT molecular complexity index is 907. The zero-order valence-electron chi connectivity index (χ0n) is 14.5. The summed E-state index contributed by atoms with van der Waals surface area (Å²) >= 11 is 0.849. The van der Waals surface area contributed by atoms with E-state index < -0.39 is 17.1 Å². The molecule has 0 saturated carbocycles. The van der Waals surface area contributed by atoms with Gasteiger partial charge in [0.15, 0.2) is 0 Å². The zero-order valence-corrected chi connectivity index (χ0v) is 15.3. The summed E-state index contributed by atoms with van der Waals surface area (Å²) in [6.45, 7) is 3.56. The van der Waals surface area contributed by atoms with E-state index in [0.717, 1.165) is 33.4 Å². The number of carbonyl (C=O) groups is 3. The molecule has 1 heterocycles. The van der Waals surface area contributed by atoms with Crippen LogP contribution in [0.4, 0.5) is 10.5 Å². The second-order valence-corrected chi connectivity index (χ2v) is 6.97.